The Hall–Kier alpha value is -2.37. The van der Waals surface area contributed by atoms with Crippen LogP contribution < -0.4 is 16.4 Å². The van der Waals surface area contributed by atoms with Crippen LogP contribution in [0.3, 0.4) is 0 Å². The molecule has 0 spiro atoms. The van der Waals surface area contributed by atoms with Crippen LogP contribution in [-0.4, -0.2) is 87.7 Å². The number of guanidine groups is 1. The van der Waals surface area contributed by atoms with E-state index in [1.54, 1.807) is 0 Å². The van der Waals surface area contributed by atoms with Gasteiger partial charge in [0.2, 0.25) is 17.8 Å². The van der Waals surface area contributed by atoms with Crippen molar-refractivity contribution in [2.24, 2.45) is 10.7 Å². The number of amides is 1. The van der Waals surface area contributed by atoms with Crippen LogP contribution in [0.5, 0.6) is 0 Å². The van der Waals surface area contributed by atoms with Crippen molar-refractivity contribution in [1.29, 1.82) is 0 Å². The molecule has 0 radical (unpaired) electrons. The van der Waals surface area contributed by atoms with Crippen LogP contribution >= 0.6 is 12.2 Å². The van der Waals surface area contributed by atoms with E-state index in [0.29, 0.717) is 49.5 Å². The number of hydrogen-bond acceptors (Lipinski definition) is 6. The van der Waals surface area contributed by atoms with E-state index in [1.807, 2.05) is 19.9 Å². The number of aromatic nitrogens is 2. The molecule has 1 amide bonds. The Kier molecular flexibility index (Phi) is 8.51. The summed E-state index contributed by atoms with van der Waals surface area (Å²) in [4.78, 5) is 30.8. The number of thiocarbonyl (C=S) groups is 1. The van der Waals surface area contributed by atoms with Gasteiger partial charge in [-0.3, -0.25) is 15.0 Å². The summed E-state index contributed by atoms with van der Waals surface area (Å²) in [6, 6.07) is 1.93. The van der Waals surface area contributed by atoms with Gasteiger partial charge in [-0.1, -0.05) is 6.42 Å². The molecule has 10 nitrogen and oxygen atoms in total. The van der Waals surface area contributed by atoms with E-state index in [2.05, 4.69) is 30.4 Å². The number of nitrogens with two attached hydrogens (primary N) is 1. The Balaban J connectivity index is 1.50. The summed E-state index contributed by atoms with van der Waals surface area (Å²) in [6.07, 6.45) is 7.00. The second-order valence-corrected chi connectivity index (χ2v) is 10.2. The van der Waals surface area contributed by atoms with Gasteiger partial charge in [0, 0.05) is 37.6 Å². The normalized spacial score (nSPS) is 23.2. The Morgan fingerprint density at radius 1 is 1.17 bits per heavy atom. The van der Waals surface area contributed by atoms with Crippen molar-refractivity contribution in [3.8, 4) is 0 Å². The zero-order valence-electron chi connectivity index (χ0n) is 20.9. The number of anilines is 1. The lowest BCUT2D eigenvalue weighted by molar-refractivity contribution is -0.134. The number of primary amides is 1. The summed E-state index contributed by atoms with van der Waals surface area (Å²) in [7, 11) is 0. The number of rotatable bonds is 5. The fourth-order valence-corrected chi connectivity index (χ4v) is 5.50. The molecule has 4 N–H and O–H groups in total. The lowest BCUT2D eigenvalue weighted by atomic mass is 9.83. The first-order valence-corrected chi connectivity index (χ1v) is 13.1. The average molecular weight is 503 g/mol. The zero-order chi connectivity index (χ0) is 24.8. The van der Waals surface area contributed by atoms with E-state index >= 15 is 0 Å². The highest BCUT2D eigenvalue weighted by molar-refractivity contribution is 7.80. The molecule has 0 saturated carbocycles. The quantitative estimate of drug-likeness (QED) is 0.314. The van der Waals surface area contributed by atoms with E-state index < -0.39 is 5.54 Å². The molecule has 192 valence electrons. The van der Waals surface area contributed by atoms with Gasteiger partial charge >= 0.3 is 0 Å². The molecular weight excluding hydrogens is 464 g/mol. The van der Waals surface area contributed by atoms with Crippen molar-refractivity contribution in [3.63, 3.8) is 0 Å². The molecule has 1 aromatic rings. The standard InChI is InChI=1S/C24H38N8O2S/c1-17-15-18(2)28-21(27-17)29-22(30-23(35)26-16-19-7-6-14-34-19)31-12-8-24(9-13-31,20(25)33)32-10-4-3-5-11-32/h15,19H,3-14,16H2,1-2H3,(H2,25,33)(H2,26,27,28,29,30,35). The summed E-state index contributed by atoms with van der Waals surface area (Å²) in [5.41, 5.74) is 7.12. The van der Waals surface area contributed by atoms with Gasteiger partial charge in [0.05, 0.1) is 6.10 Å². The maximum absolute atomic E-state index is 12.7. The molecule has 4 heterocycles. The van der Waals surface area contributed by atoms with Crippen molar-refractivity contribution < 1.29 is 9.53 Å². The summed E-state index contributed by atoms with van der Waals surface area (Å²) in [6.45, 7) is 8.41. The van der Waals surface area contributed by atoms with Crippen molar-refractivity contribution >= 4 is 35.1 Å². The van der Waals surface area contributed by atoms with E-state index in [9.17, 15) is 4.79 Å². The molecule has 0 bridgehead atoms. The van der Waals surface area contributed by atoms with Crippen LogP contribution in [0.25, 0.3) is 0 Å². The molecule has 0 aliphatic carbocycles. The molecule has 11 heteroatoms. The minimum Gasteiger partial charge on any atom is -0.376 e. The lowest BCUT2D eigenvalue weighted by Gasteiger charge is -2.48. The SMILES string of the molecule is Cc1cc(C)nc(N/C(=N/C(=S)NCC2CCCO2)N2CCC(C(N)=O)(N3CCCCC3)CC2)n1. The topological polar surface area (TPSA) is 121 Å². The minimum absolute atomic E-state index is 0.165. The third kappa shape index (κ3) is 6.45. The lowest BCUT2D eigenvalue weighted by Crippen LogP contribution is -2.64. The number of hydrogen-bond donors (Lipinski definition) is 3. The number of ether oxygens (including phenoxy) is 1. The van der Waals surface area contributed by atoms with Crippen molar-refractivity contribution in [2.45, 2.75) is 70.4 Å². The number of nitrogens with zero attached hydrogens (tertiary/aromatic N) is 5. The largest absolute Gasteiger partial charge is 0.376 e. The molecule has 3 fully saturated rings. The average Bonchev–Trinajstić information content (AvgIpc) is 3.36. The highest BCUT2D eigenvalue weighted by atomic mass is 32.1. The van der Waals surface area contributed by atoms with Gasteiger partial charge in [0.1, 0.15) is 5.54 Å². The molecule has 3 saturated heterocycles. The fraction of sp³-hybridized carbons (Fsp3) is 0.708. The minimum atomic E-state index is -0.600. The van der Waals surface area contributed by atoms with Gasteiger partial charge in [-0.05, 0) is 83.7 Å². The Morgan fingerprint density at radius 3 is 2.46 bits per heavy atom. The predicted molar refractivity (Wildman–Crippen MR) is 140 cm³/mol. The number of piperidine rings is 2. The van der Waals surface area contributed by atoms with Gasteiger partial charge < -0.3 is 20.7 Å². The molecule has 1 unspecified atom stereocenters. The summed E-state index contributed by atoms with van der Waals surface area (Å²) in [5, 5.41) is 6.89. The Bertz CT molecular complexity index is 915. The first-order valence-electron chi connectivity index (χ1n) is 12.7. The Labute approximate surface area is 213 Å². The molecule has 35 heavy (non-hydrogen) atoms. The molecule has 3 aliphatic heterocycles. The van der Waals surface area contributed by atoms with Crippen LogP contribution in [0.2, 0.25) is 0 Å². The molecule has 4 rings (SSSR count). The first-order chi connectivity index (χ1) is 16.9. The van der Waals surface area contributed by atoms with Crippen molar-refractivity contribution in [2.75, 3.05) is 44.6 Å². The molecule has 3 aliphatic rings. The summed E-state index contributed by atoms with van der Waals surface area (Å²) >= 11 is 5.55. The molecular formula is C24H38N8O2S. The van der Waals surface area contributed by atoms with Gasteiger partial charge in [-0.25, -0.2) is 9.97 Å². The first kappa shape index (κ1) is 25.7. The smallest absolute Gasteiger partial charge is 0.238 e. The van der Waals surface area contributed by atoms with Crippen LogP contribution in [0.15, 0.2) is 11.1 Å². The van der Waals surface area contributed by atoms with Crippen LogP contribution in [0, 0.1) is 13.8 Å². The molecule has 1 atom stereocenters. The van der Waals surface area contributed by atoms with Crippen LogP contribution in [0.4, 0.5) is 5.95 Å². The zero-order valence-corrected chi connectivity index (χ0v) is 21.7. The number of nitrogens with one attached hydrogen (secondary N) is 2. The van der Waals surface area contributed by atoms with Crippen molar-refractivity contribution in [1.82, 2.24) is 25.1 Å². The van der Waals surface area contributed by atoms with Gasteiger partial charge in [0.15, 0.2) is 5.11 Å². The van der Waals surface area contributed by atoms with Crippen LogP contribution in [-0.2, 0) is 9.53 Å². The third-order valence-corrected chi connectivity index (χ3v) is 7.46. The van der Waals surface area contributed by atoms with Gasteiger partial charge in [-0.15, -0.1) is 0 Å². The maximum atomic E-state index is 12.7. The maximum Gasteiger partial charge on any atom is 0.238 e. The number of carbonyl (C=O) groups is 1. The number of carbonyl (C=O) groups excluding carboxylic acids is 1. The number of likely N-dealkylation sites (tertiary alicyclic amines) is 2. The van der Waals surface area contributed by atoms with E-state index in [1.165, 1.54) is 6.42 Å². The van der Waals surface area contributed by atoms with Crippen LogP contribution in [0.1, 0.15) is 56.3 Å². The van der Waals surface area contributed by atoms with Gasteiger partial charge in [0.25, 0.3) is 0 Å². The summed E-state index contributed by atoms with van der Waals surface area (Å²) in [5.74, 6) is 0.833. The van der Waals surface area contributed by atoms with Gasteiger partial charge in [-0.2, -0.15) is 4.99 Å². The second kappa shape index (κ2) is 11.6. The second-order valence-electron chi connectivity index (χ2n) is 9.79. The van der Waals surface area contributed by atoms with E-state index in [-0.39, 0.29) is 12.0 Å². The summed E-state index contributed by atoms with van der Waals surface area (Å²) < 4.78 is 5.68. The number of aryl methyl sites for hydroxylation is 2. The van der Waals surface area contributed by atoms with E-state index in [0.717, 1.165) is 56.8 Å². The monoisotopic (exact) mass is 502 g/mol. The Morgan fingerprint density at radius 2 is 1.86 bits per heavy atom. The van der Waals surface area contributed by atoms with Crippen molar-refractivity contribution in [3.05, 3.63) is 17.5 Å². The fourth-order valence-electron chi connectivity index (χ4n) is 5.33. The van der Waals surface area contributed by atoms with E-state index in [4.69, 9.17) is 27.7 Å². The number of aliphatic imine (C=N–C) groups is 1. The predicted octanol–water partition coefficient (Wildman–Crippen LogP) is 1.72. The molecule has 1 aromatic heterocycles. The highest BCUT2D eigenvalue weighted by Crippen LogP contribution is 2.31. The highest BCUT2D eigenvalue weighted by Gasteiger charge is 2.45. The third-order valence-electron chi connectivity index (χ3n) is 7.23. The molecule has 0 aromatic carbocycles.